The van der Waals surface area contributed by atoms with Gasteiger partial charge in [0.25, 0.3) is 0 Å². The van der Waals surface area contributed by atoms with Crippen LogP contribution in [0.1, 0.15) is 29.8 Å². The molecule has 110 valence electrons. The summed E-state index contributed by atoms with van der Waals surface area (Å²) in [7, 11) is 0. The van der Waals surface area contributed by atoms with Gasteiger partial charge in [0.2, 0.25) is 0 Å². The van der Waals surface area contributed by atoms with Crippen LogP contribution in [0.4, 0.5) is 0 Å². The lowest BCUT2D eigenvalue weighted by Crippen LogP contribution is -2.07. The largest absolute Gasteiger partial charge is 0.493 e. The van der Waals surface area contributed by atoms with E-state index in [9.17, 15) is 0 Å². The molecular formula is C19H18N2O. The molecule has 0 saturated carbocycles. The minimum atomic E-state index is 0.245. The Hall–Kier alpha value is -2.55. The van der Waals surface area contributed by atoms with Crippen LogP contribution in [0, 0.1) is 0 Å². The number of aromatic nitrogens is 2. The smallest absolute Gasteiger partial charge is 0.124 e. The molecule has 2 aromatic carbocycles. The number of nitrogens with zero attached hydrogens (tertiary/aromatic N) is 2. The molecule has 4 rings (SSSR count). The molecule has 1 aliphatic heterocycles. The third-order valence-corrected chi connectivity index (χ3v) is 4.33. The molecule has 3 heteroatoms. The van der Waals surface area contributed by atoms with E-state index in [0.29, 0.717) is 0 Å². The van der Waals surface area contributed by atoms with Crippen LogP contribution < -0.4 is 4.74 Å². The van der Waals surface area contributed by atoms with E-state index in [1.165, 1.54) is 16.8 Å². The molecule has 1 aromatic heterocycles. The molecule has 0 amide bonds. The summed E-state index contributed by atoms with van der Waals surface area (Å²) in [6.45, 7) is 2.97. The van der Waals surface area contributed by atoms with E-state index in [2.05, 4.69) is 52.9 Å². The van der Waals surface area contributed by atoms with Crippen molar-refractivity contribution >= 4 is 0 Å². The van der Waals surface area contributed by atoms with Gasteiger partial charge in [-0.25, -0.2) is 4.98 Å². The molecule has 1 aliphatic rings. The van der Waals surface area contributed by atoms with Crippen LogP contribution >= 0.6 is 0 Å². The Morgan fingerprint density at radius 1 is 1.09 bits per heavy atom. The molecule has 0 bridgehead atoms. The number of ether oxygens (including phenoxy) is 1. The van der Waals surface area contributed by atoms with Crippen molar-refractivity contribution in [1.29, 1.82) is 0 Å². The maximum atomic E-state index is 5.69. The lowest BCUT2D eigenvalue weighted by molar-refractivity contribution is 0.357. The fourth-order valence-corrected chi connectivity index (χ4v) is 3.16. The molecule has 3 aromatic rings. The van der Waals surface area contributed by atoms with Gasteiger partial charge in [0, 0.05) is 30.3 Å². The standard InChI is InChI=1S/C19H18N2O/c1-14(15-6-3-2-4-7-15)19-20-11-12-21(19)17-8-5-9-18-16(17)10-13-22-18/h2-9,11-12,14H,10,13H2,1H3. The van der Waals surface area contributed by atoms with Crippen molar-refractivity contribution in [2.75, 3.05) is 6.61 Å². The molecule has 22 heavy (non-hydrogen) atoms. The molecule has 0 fully saturated rings. The van der Waals surface area contributed by atoms with Crippen molar-refractivity contribution in [3.05, 3.63) is 77.9 Å². The number of fused-ring (bicyclic) bond motifs is 1. The summed E-state index contributed by atoms with van der Waals surface area (Å²) >= 11 is 0. The van der Waals surface area contributed by atoms with Crippen molar-refractivity contribution in [3.63, 3.8) is 0 Å². The monoisotopic (exact) mass is 290 g/mol. The Kier molecular flexibility index (Phi) is 3.19. The van der Waals surface area contributed by atoms with Crippen LogP contribution in [-0.4, -0.2) is 16.2 Å². The Balaban J connectivity index is 1.80. The third kappa shape index (κ3) is 2.10. The van der Waals surface area contributed by atoms with Crippen LogP contribution in [0.3, 0.4) is 0 Å². The summed E-state index contributed by atoms with van der Waals surface area (Å²) in [5.41, 5.74) is 3.74. The van der Waals surface area contributed by atoms with Crippen molar-refractivity contribution in [1.82, 2.24) is 9.55 Å². The molecule has 0 N–H and O–H groups in total. The van der Waals surface area contributed by atoms with Gasteiger partial charge in [-0.05, 0) is 17.7 Å². The molecule has 0 saturated heterocycles. The second-order valence-corrected chi connectivity index (χ2v) is 5.64. The average molecular weight is 290 g/mol. The highest BCUT2D eigenvalue weighted by molar-refractivity contribution is 5.52. The zero-order valence-electron chi connectivity index (χ0n) is 12.6. The molecule has 0 spiro atoms. The van der Waals surface area contributed by atoms with Gasteiger partial charge in [-0.1, -0.05) is 43.3 Å². The number of hydrogen-bond acceptors (Lipinski definition) is 2. The summed E-state index contributed by atoms with van der Waals surface area (Å²) in [5, 5.41) is 0. The minimum Gasteiger partial charge on any atom is -0.493 e. The first-order chi connectivity index (χ1) is 10.8. The summed E-state index contributed by atoms with van der Waals surface area (Å²) in [6.07, 6.45) is 4.88. The minimum absolute atomic E-state index is 0.245. The molecular weight excluding hydrogens is 272 g/mol. The first kappa shape index (κ1) is 13.1. The molecule has 1 atom stereocenters. The number of imidazole rings is 1. The topological polar surface area (TPSA) is 27.1 Å². The molecule has 0 aliphatic carbocycles. The highest BCUT2D eigenvalue weighted by atomic mass is 16.5. The zero-order valence-corrected chi connectivity index (χ0v) is 12.6. The fraction of sp³-hybridized carbons (Fsp3) is 0.211. The van der Waals surface area contributed by atoms with Gasteiger partial charge < -0.3 is 9.30 Å². The summed E-state index contributed by atoms with van der Waals surface area (Å²) in [4.78, 5) is 4.62. The van der Waals surface area contributed by atoms with Gasteiger partial charge in [-0.3, -0.25) is 0 Å². The lowest BCUT2D eigenvalue weighted by atomic mass is 10.00. The van der Waals surface area contributed by atoms with Crippen molar-refractivity contribution in [3.8, 4) is 11.4 Å². The van der Waals surface area contributed by atoms with Crippen LogP contribution in [0.15, 0.2) is 60.9 Å². The Morgan fingerprint density at radius 3 is 2.82 bits per heavy atom. The highest BCUT2D eigenvalue weighted by Gasteiger charge is 2.20. The quantitative estimate of drug-likeness (QED) is 0.730. The maximum Gasteiger partial charge on any atom is 0.124 e. The summed E-state index contributed by atoms with van der Waals surface area (Å²) in [6, 6.07) is 16.8. The van der Waals surface area contributed by atoms with Gasteiger partial charge in [-0.15, -0.1) is 0 Å². The molecule has 0 radical (unpaired) electrons. The predicted octanol–water partition coefficient (Wildman–Crippen LogP) is 3.96. The molecule has 1 unspecified atom stereocenters. The van der Waals surface area contributed by atoms with Gasteiger partial charge in [0.1, 0.15) is 11.6 Å². The predicted molar refractivity (Wildman–Crippen MR) is 86.7 cm³/mol. The van der Waals surface area contributed by atoms with E-state index >= 15 is 0 Å². The van der Waals surface area contributed by atoms with Crippen molar-refractivity contribution in [2.24, 2.45) is 0 Å². The van der Waals surface area contributed by atoms with Crippen LogP contribution in [-0.2, 0) is 6.42 Å². The van der Waals surface area contributed by atoms with E-state index in [-0.39, 0.29) is 5.92 Å². The van der Waals surface area contributed by atoms with Gasteiger partial charge in [0.05, 0.1) is 12.3 Å². The first-order valence-electron chi connectivity index (χ1n) is 7.68. The van der Waals surface area contributed by atoms with Crippen LogP contribution in [0.25, 0.3) is 5.69 Å². The van der Waals surface area contributed by atoms with Crippen molar-refractivity contribution in [2.45, 2.75) is 19.3 Å². The third-order valence-electron chi connectivity index (χ3n) is 4.33. The second kappa shape index (κ2) is 5.34. The summed E-state index contributed by atoms with van der Waals surface area (Å²) in [5.74, 6) is 2.31. The Morgan fingerprint density at radius 2 is 1.95 bits per heavy atom. The Labute approximate surface area is 130 Å². The SMILES string of the molecule is CC(c1ccccc1)c1nccn1-c1cccc2c1CCO2. The first-order valence-corrected chi connectivity index (χ1v) is 7.68. The maximum absolute atomic E-state index is 5.69. The average Bonchev–Trinajstić information content (AvgIpc) is 3.23. The van der Waals surface area contributed by atoms with E-state index in [1.54, 1.807) is 0 Å². The van der Waals surface area contributed by atoms with Crippen LogP contribution in [0.5, 0.6) is 5.75 Å². The van der Waals surface area contributed by atoms with Crippen molar-refractivity contribution < 1.29 is 4.74 Å². The van der Waals surface area contributed by atoms with E-state index in [4.69, 9.17) is 4.74 Å². The van der Waals surface area contributed by atoms with E-state index < -0.39 is 0 Å². The fourth-order valence-electron chi connectivity index (χ4n) is 3.16. The number of hydrogen-bond donors (Lipinski definition) is 0. The Bertz CT molecular complexity index is 792. The summed E-state index contributed by atoms with van der Waals surface area (Å²) < 4.78 is 7.89. The highest BCUT2D eigenvalue weighted by Crippen LogP contribution is 2.33. The van der Waals surface area contributed by atoms with Gasteiger partial charge in [0.15, 0.2) is 0 Å². The van der Waals surface area contributed by atoms with E-state index in [1.807, 2.05) is 24.5 Å². The molecule has 2 heterocycles. The number of rotatable bonds is 3. The van der Waals surface area contributed by atoms with Gasteiger partial charge in [-0.2, -0.15) is 0 Å². The zero-order chi connectivity index (χ0) is 14.9. The normalized spacial score (nSPS) is 14.4. The van der Waals surface area contributed by atoms with E-state index in [0.717, 1.165) is 24.6 Å². The lowest BCUT2D eigenvalue weighted by Gasteiger charge is -2.16. The van der Waals surface area contributed by atoms with Gasteiger partial charge >= 0.3 is 0 Å². The second-order valence-electron chi connectivity index (χ2n) is 5.64. The molecule has 3 nitrogen and oxygen atoms in total. The van der Waals surface area contributed by atoms with Crippen LogP contribution in [0.2, 0.25) is 0 Å². The number of benzene rings is 2.